The average molecular weight is 480 g/mol. The van der Waals surface area contributed by atoms with Crippen LogP contribution in [-0.2, 0) is 25.3 Å². The molecule has 0 unspecified atom stereocenters. The predicted molar refractivity (Wildman–Crippen MR) is 113 cm³/mol. The highest BCUT2D eigenvalue weighted by Gasteiger charge is 2.31. The number of nitrogens with zero attached hydrogens (tertiary/aromatic N) is 3. The van der Waals surface area contributed by atoms with E-state index in [1.165, 1.54) is 43.1 Å². The second-order valence-electron chi connectivity index (χ2n) is 6.99. The first-order valence-electron chi connectivity index (χ1n) is 9.31. The summed E-state index contributed by atoms with van der Waals surface area (Å²) < 4.78 is 48.6. The minimum absolute atomic E-state index is 0.0587. The lowest BCUT2D eigenvalue weighted by Gasteiger charge is -2.09. The van der Waals surface area contributed by atoms with Gasteiger partial charge >= 0.3 is 12.1 Å². The maximum absolute atomic E-state index is 12.5. The van der Waals surface area contributed by atoms with Crippen LogP contribution in [0.2, 0.25) is 0 Å². The summed E-state index contributed by atoms with van der Waals surface area (Å²) in [6.45, 7) is 0. The number of alkyl halides is 3. The second-order valence-corrected chi connectivity index (χ2v) is 7.84. The number of halogens is 3. The molecule has 0 bridgehead atoms. The summed E-state index contributed by atoms with van der Waals surface area (Å²) >= 11 is 1.08. The van der Waals surface area contributed by atoms with Crippen molar-refractivity contribution < 1.29 is 27.1 Å². The van der Waals surface area contributed by atoms with Crippen molar-refractivity contribution in [1.29, 1.82) is 0 Å². The van der Waals surface area contributed by atoms with Crippen molar-refractivity contribution in [1.82, 2.24) is 14.1 Å². The average Bonchev–Trinajstić information content (AvgIpc) is 3.37. The van der Waals surface area contributed by atoms with Crippen LogP contribution in [-0.4, -0.2) is 26.4 Å². The van der Waals surface area contributed by atoms with E-state index in [-0.39, 0.29) is 28.4 Å². The lowest BCUT2D eigenvalue weighted by atomic mass is 10.1. The van der Waals surface area contributed by atoms with Gasteiger partial charge in [-0.1, -0.05) is 12.1 Å². The molecule has 1 amide bonds. The van der Waals surface area contributed by atoms with E-state index in [1.807, 2.05) is 0 Å². The van der Waals surface area contributed by atoms with E-state index in [4.69, 9.17) is 4.42 Å². The summed E-state index contributed by atoms with van der Waals surface area (Å²) in [6.07, 6.45) is -3.79. The minimum atomic E-state index is -4.82. The number of amides is 1. The van der Waals surface area contributed by atoms with Gasteiger partial charge in [0.25, 0.3) is 5.56 Å². The number of hydrogen-bond acceptors (Lipinski definition) is 7. The zero-order valence-corrected chi connectivity index (χ0v) is 17.9. The van der Waals surface area contributed by atoms with Crippen LogP contribution >= 0.6 is 11.3 Å². The predicted octanol–water partition coefficient (Wildman–Crippen LogP) is 3.03. The zero-order chi connectivity index (χ0) is 23.9. The van der Waals surface area contributed by atoms with Crippen LogP contribution in [0.5, 0.6) is 5.75 Å². The quantitative estimate of drug-likeness (QED) is 0.471. The van der Waals surface area contributed by atoms with Crippen molar-refractivity contribution in [3.8, 4) is 17.0 Å². The first-order chi connectivity index (χ1) is 15.5. The molecule has 3 aromatic heterocycles. The third kappa shape index (κ3) is 4.53. The third-order valence-electron chi connectivity index (χ3n) is 4.71. The zero-order valence-electron chi connectivity index (χ0n) is 17.1. The van der Waals surface area contributed by atoms with E-state index in [2.05, 4.69) is 15.0 Å². The van der Waals surface area contributed by atoms with Gasteiger partial charge in [-0.15, -0.1) is 24.5 Å². The van der Waals surface area contributed by atoms with E-state index in [9.17, 15) is 27.6 Å². The number of hydrogen-bond donors (Lipinski definition) is 1. The number of aromatic nitrogens is 3. The van der Waals surface area contributed by atoms with Crippen molar-refractivity contribution in [2.24, 2.45) is 14.1 Å². The molecule has 0 spiro atoms. The van der Waals surface area contributed by atoms with Crippen LogP contribution < -0.4 is 21.3 Å². The molecule has 9 nitrogen and oxygen atoms in total. The molecule has 33 heavy (non-hydrogen) atoms. The van der Waals surface area contributed by atoms with Gasteiger partial charge in [0.2, 0.25) is 11.6 Å². The lowest BCUT2D eigenvalue weighted by Crippen LogP contribution is -2.36. The van der Waals surface area contributed by atoms with Crippen molar-refractivity contribution in [2.45, 2.75) is 12.8 Å². The van der Waals surface area contributed by atoms with Crippen molar-refractivity contribution in [2.75, 3.05) is 5.32 Å². The standard InChI is InChI=1S/C20H15F3N4O5S/c1-26-16(29)15-11(8-31-17(15)27(2)19(26)30)7-14(28)25-18-24-13(9-33-18)10-4-3-5-12(6-10)32-20(21,22)23/h3-6,8-9H,7H2,1-2H3,(H,24,25,28). The number of anilines is 1. The number of nitrogens with one attached hydrogen (secondary N) is 1. The maximum Gasteiger partial charge on any atom is 0.573 e. The SMILES string of the molecule is Cn1c(=O)c2c(CC(=O)Nc3nc(-c4cccc(OC(F)(F)F)c4)cs3)coc2n(C)c1=O. The Balaban J connectivity index is 1.52. The van der Waals surface area contributed by atoms with Gasteiger partial charge in [0, 0.05) is 30.6 Å². The summed E-state index contributed by atoms with van der Waals surface area (Å²) in [5.74, 6) is -0.884. The molecule has 172 valence electrons. The normalized spacial score (nSPS) is 11.7. The number of aryl methyl sites for hydroxylation is 1. The molecular formula is C20H15F3N4O5S. The van der Waals surface area contributed by atoms with Gasteiger partial charge in [0.1, 0.15) is 11.1 Å². The minimum Gasteiger partial charge on any atom is -0.447 e. The first kappa shape index (κ1) is 22.3. The molecule has 13 heteroatoms. The first-order valence-corrected chi connectivity index (χ1v) is 10.2. The number of furan rings is 1. The van der Waals surface area contributed by atoms with Crippen LogP contribution in [0.25, 0.3) is 22.4 Å². The van der Waals surface area contributed by atoms with Gasteiger partial charge in [-0.25, -0.2) is 9.78 Å². The molecule has 0 saturated carbocycles. The van der Waals surface area contributed by atoms with E-state index >= 15 is 0 Å². The van der Waals surface area contributed by atoms with Crippen LogP contribution in [0.3, 0.4) is 0 Å². The van der Waals surface area contributed by atoms with Gasteiger partial charge in [0.15, 0.2) is 5.13 Å². The molecule has 0 aliphatic rings. The summed E-state index contributed by atoms with van der Waals surface area (Å²) in [5, 5.41) is 4.49. The Kier molecular flexibility index (Phi) is 5.57. The highest BCUT2D eigenvalue weighted by molar-refractivity contribution is 7.14. The summed E-state index contributed by atoms with van der Waals surface area (Å²) in [5.41, 5.74) is -0.0600. The van der Waals surface area contributed by atoms with E-state index in [1.54, 1.807) is 11.4 Å². The van der Waals surface area contributed by atoms with Crippen LogP contribution in [0.4, 0.5) is 18.3 Å². The summed E-state index contributed by atoms with van der Waals surface area (Å²) in [7, 11) is 2.77. The maximum atomic E-state index is 12.5. The van der Waals surface area contributed by atoms with Crippen LogP contribution in [0.1, 0.15) is 5.56 Å². The largest absolute Gasteiger partial charge is 0.573 e. The monoisotopic (exact) mass is 480 g/mol. The summed E-state index contributed by atoms with van der Waals surface area (Å²) in [4.78, 5) is 41.2. The number of rotatable bonds is 5. The Labute approximate surface area is 186 Å². The molecule has 4 aromatic rings. The molecular weight excluding hydrogens is 465 g/mol. The molecule has 0 fully saturated rings. The van der Waals surface area contributed by atoms with E-state index < -0.39 is 23.5 Å². The van der Waals surface area contributed by atoms with Gasteiger partial charge in [-0.05, 0) is 12.1 Å². The second kappa shape index (κ2) is 8.24. The Morgan fingerprint density at radius 2 is 2.00 bits per heavy atom. The molecule has 1 N–H and O–H groups in total. The number of benzene rings is 1. The highest BCUT2D eigenvalue weighted by Crippen LogP contribution is 2.30. The molecule has 0 saturated heterocycles. The smallest absolute Gasteiger partial charge is 0.447 e. The molecule has 0 radical (unpaired) electrons. The molecule has 0 atom stereocenters. The molecule has 4 rings (SSSR count). The number of thiazole rings is 1. The van der Waals surface area contributed by atoms with Crippen molar-refractivity contribution in [3.05, 3.63) is 62.3 Å². The van der Waals surface area contributed by atoms with E-state index in [0.29, 0.717) is 16.8 Å². The number of carbonyl (C=O) groups is 1. The molecule has 0 aliphatic heterocycles. The lowest BCUT2D eigenvalue weighted by molar-refractivity contribution is -0.274. The fourth-order valence-corrected chi connectivity index (χ4v) is 3.94. The Bertz CT molecular complexity index is 1480. The molecule has 1 aromatic carbocycles. The van der Waals surface area contributed by atoms with Gasteiger partial charge in [0.05, 0.1) is 18.4 Å². The Morgan fingerprint density at radius 3 is 2.73 bits per heavy atom. The fraction of sp³-hybridized carbons (Fsp3) is 0.200. The van der Waals surface area contributed by atoms with Crippen molar-refractivity contribution in [3.63, 3.8) is 0 Å². The summed E-state index contributed by atoms with van der Waals surface area (Å²) in [6, 6.07) is 5.31. The Morgan fingerprint density at radius 1 is 1.24 bits per heavy atom. The Hall–Kier alpha value is -3.87. The van der Waals surface area contributed by atoms with Crippen molar-refractivity contribution >= 4 is 33.5 Å². The molecule has 0 aliphatic carbocycles. The topological polar surface area (TPSA) is 108 Å². The molecule has 3 heterocycles. The van der Waals surface area contributed by atoms with Crippen LogP contribution in [0, 0.1) is 0 Å². The van der Waals surface area contributed by atoms with E-state index in [0.717, 1.165) is 15.9 Å². The number of ether oxygens (including phenoxy) is 1. The van der Waals surface area contributed by atoms with Gasteiger partial charge in [-0.2, -0.15) is 0 Å². The number of fused-ring (bicyclic) bond motifs is 1. The van der Waals surface area contributed by atoms with Gasteiger partial charge < -0.3 is 14.5 Å². The van der Waals surface area contributed by atoms with Crippen LogP contribution in [0.15, 0.2) is 49.9 Å². The van der Waals surface area contributed by atoms with Gasteiger partial charge in [-0.3, -0.25) is 18.7 Å². The fourth-order valence-electron chi connectivity index (χ4n) is 3.21. The highest BCUT2D eigenvalue weighted by atomic mass is 32.1. The third-order valence-corrected chi connectivity index (χ3v) is 5.47. The number of carbonyl (C=O) groups excluding carboxylic acids is 1.